The molecular weight excluding hydrogens is 308 g/mol. The summed E-state index contributed by atoms with van der Waals surface area (Å²) >= 11 is 0. The third-order valence-electron chi connectivity index (χ3n) is 3.58. The highest BCUT2D eigenvalue weighted by molar-refractivity contribution is 5.97. The van der Waals surface area contributed by atoms with Crippen molar-refractivity contribution in [2.24, 2.45) is 0 Å². The van der Waals surface area contributed by atoms with Crippen molar-refractivity contribution >= 4 is 22.7 Å². The Hall–Kier alpha value is -3.21. The molecule has 0 bridgehead atoms. The normalized spacial score (nSPS) is 10.6. The van der Waals surface area contributed by atoms with Crippen molar-refractivity contribution in [3.05, 3.63) is 75.6 Å². The van der Waals surface area contributed by atoms with Gasteiger partial charge in [-0.3, -0.25) is 4.79 Å². The van der Waals surface area contributed by atoms with E-state index in [2.05, 4.69) is 0 Å². The lowest BCUT2D eigenvalue weighted by molar-refractivity contribution is 0.0734. The fourth-order valence-electron chi connectivity index (χ4n) is 2.26. The van der Waals surface area contributed by atoms with Crippen molar-refractivity contribution in [3.63, 3.8) is 0 Å². The molecule has 0 aliphatic rings. The summed E-state index contributed by atoms with van der Waals surface area (Å²) in [6, 6.07) is 13.1. The van der Waals surface area contributed by atoms with Crippen LogP contribution in [0.1, 0.15) is 33.2 Å². The number of esters is 1. The molecule has 0 saturated heterocycles. The molecule has 0 fully saturated rings. The van der Waals surface area contributed by atoms with Crippen LogP contribution in [-0.2, 0) is 0 Å². The number of carbonyl (C=O) groups is 2. The topological polar surface area (TPSA) is 73.6 Å². The largest absolute Gasteiger partial charge is 0.423 e. The van der Waals surface area contributed by atoms with Crippen LogP contribution in [0.3, 0.4) is 0 Å². The highest BCUT2D eigenvalue weighted by atomic mass is 16.5. The lowest BCUT2D eigenvalue weighted by Crippen LogP contribution is -2.11. The van der Waals surface area contributed by atoms with Crippen LogP contribution < -0.4 is 10.4 Å². The summed E-state index contributed by atoms with van der Waals surface area (Å²) in [6.07, 6.45) is 0. The van der Waals surface area contributed by atoms with Crippen molar-refractivity contribution < 1.29 is 18.7 Å². The first-order valence-corrected chi connectivity index (χ1v) is 7.32. The second kappa shape index (κ2) is 6.12. The Morgan fingerprint density at radius 3 is 2.38 bits per heavy atom. The number of ketones is 1. The number of hydrogen-bond acceptors (Lipinski definition) is 5. The van der Waals surface area contributed by atoms with Gasteiger partial charge in [-0.25, -0.2) is 9.59 Å². The number of fused-ring (bicyclic) bond motifs is 1. The molecule has 0 amide bonds. The van der Waals surface area contributed by atoms with Gasteiger partial charge < -0.3 is 9.15 Å². The fraction of sp³-hybridized carbons (Fsp3) is 0.105. The van der Waals surface area contributed by atoms with Gasteiger partial charge >= 0.3 is 11.6 Å². The predicted molar refractivity (Wildman–Crippen MR) is 88.6 cm³/mol. The first-order chi connectivity index (χ1) is 11.4. The molecule has 0 spiro atoms. The van der Waals surface area contributed by atoms with Crippen LogP contribution in [0.15, 0.2) is 57.7 Å². The Morgan fingerprint density at radius 2 is 1.71 bits per heavy atom. The van der Waals surface area contributed by atoms with Gasteiger partial charge in [0.2, 0.25) is 0 Å². The summed E-state index contributed by atoms with van der Waals surface area (Å²) in [5, 5.41) is 0.579. The zero-order valence-corrected chi connectivity index (χ0v) is 13.2. The van der Waals surface area contributed by atoms with E-state index in [9.17, 15) is 14.4 Å². The molecule has 1 heterocycles. The average molecular weight is 322 g/mol. The molecule has 1 aromatic heterocycles. The number of benzene rings is 2. The standard InChI is InChI=1S/C19H14O5/c1-11-3-5-13(6-4-11)18(21)23-15-8-7-14-9-16(12(2)20)19(22)24-17(14)10-15/h3-10H,1-2H3. The number of hydrogen-bond donors (Lipinski definition) is 0. The summed E-state index contributed by atoms with van der Waals surface area (Å²) in [6.45, 7) is 3.23. The summed E-state index contributed by atoms with van der Waals surface area (Å²) < 4.78 is 10.4. The van der Waals surface area contributed by atoms with Crippen molar-refractivity contribution in [2.75, 3.05) is 0 Å². The minimum absolute atomic E-state index is 0.00750. The molecule has 0 aliphatic carbocycles. The van der Waals surface area contributed by atoms with Gasteiger partial charge in [-0.2, -0.15) is 0 Å². The van der Waals surface area contributed by atoms with E-state index in [1.54, 1.807) is 24.3 Å². The first kappa shape index (κ1) is 15.7. The zero-order valence-electron chi connectivity index (χ0n) is 13.2. The van der Waals surface area contributed by atoms with Crippen molar-refractivity contribution in [3.8, 4) is 5.75 Å². The summed E-state index contributed by atoms with van der Waals surface area (Å²) in [5.74, 6) is -0.607. The highest BCUT2D eigenvalue weighted by Gasteiger charge is 2.12. The van der Waals surface area contributed by atoms with E-state index in [-0.39, 0.29) is 22.7 Å². The van der Waals surface area contributed by atoms with Gasteiger partial charge in [-0.15, -0.1) is 0 Å². The van der Waals surface area contributed by atoms with Crippen molar-refractivity contribution in [2.45, 2.75) is 13.8 Å². The lowest BCUT2D eigenvalue weighted by atomic mass is 10.1. The second-order valence-corrected chi connectivity index (χ2v) is 5.46. The summed E-state index contributed by atoms with van der Waals surface area (Å²) in [5.41, 5.74) is 0.998. The van der Waals surface area contributed by atoms with Crippen molar-refractivity contribution in [1.82, 2.24) is 0 Å². The van der Waals surface area contributed by atoms with Crippen LogP contribution in [0.4, 0.5) is 0 Å². The fourth-order valence-corrected chi connectivity index (χ4v) is 2.26. The van der Waals surface area contributed by atoms with Crippen LogP contribution in [0.5, 0.6) is 5.75 Å². The minimum atomic E-state index is -0.711. The third-order valence-corrected chi connectivity index (χ3v) is 3.58. The maximum atomic E-state index is 12.1. The van der Waals surface area contributed by atoms with Gasteiger partial charge in [0.15, 0.2) is 5.78 Å². The lowest BCUT2D eigenvalue weighted by Gasteiger charge is -2.06. The molecule has 2 aromatic carbocycles. The van der Waals surface area contributed by atoms with Crippen LogP contribution in [0.25, 0.3) is 11.0 Å². The SMILES string of the molecule is CC(=O)c1cc2ccc(OC(=O)c3ccc(C)cc3)cc2oc1=O. The maximum absolute atomic E-state index is 12.1. The Labute approximate surface area is 137 Å². The zero-order chi connectivity index (χ0) is 17.3. The van der Waals surface area contributed by atoms with Crippen LogP contribution in [0, 0.1) is 6.92 Å². The van der Waals surface area contributed by atoms with Gasteiger partial charge in [-0.05, 0) is 44.2 Å². The number of rotatable bonds is 3. The summed E-state index contributed by atoms with van der Waals surface area (Å²) in [4.78, 5) is 35.3. The molecule has 0 unspecified atom stereocenters. The molecule has 0 aliphatic heterocycles. The quantitative estimate of drug-likeness (QED) is 0.319. The van der Waals surface area contributed by atoms with Gasteiger partial charge in [-0.1, -0.05) is 17.7 Å². The van der Waals surface area contributed by atoms with E-state index in [4.69, 9.17) is 9.15 Å². The molecular formula is C19H14O5. The predicted octanol–water partition coefficient (Wildman–Crippen LogP) is 3.52. The van der Waals surface area contributed by atoms with Gasteiger partial charge in [0, 0.05) is 11.5 Å². The molecule has 0 radical (unpaired) electrons. The molecule has 24 heavy (non-hydrogen) atoms. The summed E-state index contributed by atoms with van der Waals surface area (Å²) in [7, 11) is 0. The third kappa shape index (κ3) is 3.10. The Balaban J connectivity index is 1.92. The van der Waals surface area contributed by atoms with E-state index in [1.807, 2.05) is 19.1 Å². The first-order valence-electron chi connectivity index (χ1n) is 7.32. The molecule has 0 atom stereocenters. The Kier molecular flexibility index (Phi) is 4.00. The molecule has 0 saturated carbocycles. The maximum Gasteiger partial charge on any atom is 0.347 e. The Morgan fingerprint density at radius 1 is 1.00 bits per heavy atom. The average Bonchev–Trinajstić information content (AvgIpc) is 2.54. The molecule has 5 nitrogen and oxygen atoms in total. The van der Waals surface area contributed by atoms with E-state index in [0.717, 1.165) is 5.56 Å². The minimum Gasteiger partial charge on any atom is -0.423 e. The smallest absolute Gasteiger partial charge is 0.347 e. The van der Waals surface area contributed by atoms with Gasteiger partial charge in [0.25, 0.3) is 0 Å². The molecule has 5 heteroatoms. The van der Waals surface area contributed by atoms with Crippen molar-refractivity contribution in [1.29, 1.82) is 0 Å². The second-order valence-electron chi connectivity index (χ2n) is 5.46. The van der Waals surface area contributed by atoms with Crippen LogP contribution in [0.2, 0.25) is 0 Å². The van der Waals surface area contributed by atoms with E-state index >= 15 is 0 Å². The van der Waals surface area contributed by atoms with Crippen LogP contribution >= 0.6 is 0 Å². The Bertz CT molecular complexity index is 996. The van der Waals surface area contributed by atoms with Gasteiger partial charge in [0.05, 0.1) is 5.56 Å². The number of ether oxygens (including phenoxy) is 1. The molecule has 120 valence electrons. The molecule has 0 N–H and O–H groups in total. The number of Topliss-reactive ketones (excluding diaryl/α,β-unsaturated/α-hetero) is 1. The number of carbonyl (C=O) groups excluding carboxylic acids is 2. The van der Waals surface area contributed by atoms with Crippen LogP contribution in [-0.4, -0.2) is 11.8 Å². The highest BCUT2D eigenvalue weighted by Crippen LogP contribution is 2.21. The van der Waals surface area contributed by atoms with E-state index in [1.165, 1.54) is 19.1 Å². The molecule has 3 aromatic rings. The van der Waals surface area contributed by atoms with E-state index < -0.39 is 11.6 Å². The monoisotopic (exact) mass is 322 g/mol. The van der Waals surface area contributed by atoms with Gasteiger partial charge in [0.1, 0.15) is 16.9 Å². The number of aryl methyl sites for hydroxylation is 1. The molecule has 3 rings (SSSR count). The van der Waals surface area contributed by atoms with E-state index in [0.29, 0.717) is 10.9 Å².